The van der Waals surface area contributed by atoms with Gasteiger partial charge in [-0.2, -0.15) is 0 Å². The molecule has 24 heavy (non-hydrogen) atoms. The number of ether oxygens (including phenoxy) is 2. The van der Waals surface area contributed by atoms with Crippen molar-refractivity contribution in [2.45, 2.75) is 26.4 Å². The van der Waals surface area contributed by atoms with E-state index in [1.165, 1.54) is 0 Å². The summed E-state index contributed by atoms with van der Waals surface area (Å²) >= 11 is 3.32. The topological polar surface area (TPSA) is 52.6 Å². The van der Waals surface area contributed by atoms with Gasteiger partial charge in [-0.15, -0.1) is 0 Å². The SMILES string of the molecule is COc1ccc(C)cc1CC(=O)O[C@H](C)C(=O)c1ccc(Br)cc1. The zero-order valence-electron chi connectivity index (χ0n) is 13.8. The Balaban J connectivity index is 2.02. The number of carbonyl (C=O) groups is 2. The van der Waals surface area contributed by atoms with Crippen LogP contribution < -0.4 is 4.74 Å². The molecule has 2 rings (SSSR count). The van der Waals surface area contributed by atoms with E-state index in [9.17, 15) is 9.59 Å². The number of ketones is 1. The van der Waals surface area contributed by atoms with Crippen LogP contribution in [0.3, 0.4) is 0 Å². The second-order valence-corrected chi connectivity index (χ2v) is 6.41. The number of hydrogen-bond donors (Lipinski definition) is 0. The molecule has 0 aliphatic rings. The fourth-order valence-electron chi connectivity index (χ4n) is 2.34. The van der Waals surface area contributed by atoms with Gasteiger partial charge < -0.3 is 9.47 Å². The molecule has 0 saturated heterocycles. The van der Waals surface area contributed by atoms with Crippen LogP contribution in [0, 0.1) is 6.92 Å². The summed E-state index contributed by atoms with van der Waals surface area (Å²) in [4.78, 5) is 24.5. The normalized spacial score (nSPS) is 11.7. The molecule has 0 aliphatic heterocycles. The first-order valence-corrected chi connectivity index (χ1v) is 8.32. The van der Waals surface area contributed by atoms with Crippen LogP contribution in [-0.2, 0) is 16.0 Å². The van der Waals surface area contributed by atoms with E-state index in [2.05, 4.69) is 15.9 Å². The van der Waals surface area contributed by atoms with E-state index in [4.69, 9.17) is 9.47 Å². The lowest BCUT2D eigenvalue weighted by Gasteiger charge is -2.14. The zero-order chi connectivity index (χ0) is 17.7. The van der Waals surface area contributed by atoms with E-state index < -0.39 is 12.1 Å². The highest BCUT2D eigenvalue weighted by Gasteiger charge is 2.20. The lowest BCUT2D eigenvalue weighted by molar-refractivity contribution is -0.145. The first-order chi connectivity index (χ1) is 11.4. The number of carbonyl (C=O) groups excluding carboxylic acids is 2. The average molecular weight is 391 g/mol. The first kappa shape index (κ1) is 18.2. The van der Waals surface area contributed by atoms with Gasteiger partial charge in [-0.25, -0.2) is 0 Å². The highest BCUT2D eigenvalue weighted by atomic mass is 79.9. The molecule has 0 bridgehead atoms. The standard InChI is InChI=1S/C19H19BrO4/c1-12-4-9-17(23-3)15(10-12)11-18(21)24-13(2)19(22)14-5-7-16(20)8-6-14/h4-10,13H,11H2,1-3H3/t13-/m1/s1. The Morgan fingerprint density at radius 2 is 1.79 bits per heavy atom. The number of rotatable bonds is 6. The minimum absolute atomic E-state index is 0.0583. The van der Waals surface area contributed by atoms with Crippen LogP contribution in [-0.4, -0.2) is 25.0 Å². The van der Waals surface area contributed by atoms with Gasteiger partial charge in [0, 0.05) is 15.6 Å². The van der Waals surface area contributed by atoms with E-state index in [0.717, 1.165) is 15.6 Å². The fraction of sp³-hybridized carbons (Fsp3) is 0.263. The van der Waals surface area contributed by atoms with Crippen LogP contribution in [0.5, 0.6) is 5.75 Å². The van der Waals surface area contributed by atoms with Gasteiger partial charge >= 0.3 is 5.97 Å². The Kier molecular flexibility index (Phi) is 6.15. The Morgan fingerprint density at radius 1 is 1.12 bits per heavy atom. The van der Waals surface area contributed by atoms with Gasteiger partial charge in [0.15, 0.2) is 6.10 Å². The molecule has 0 aliphatic carbocycles. The lowest BCUT2D eigenvalue weighted by atomic mass is 10.1. The molecule has 0 N–H and O–H groups in total. The van der Waals surface area contributed by atoms with Crippen molar-refractivity contribution < 1.29 is 19.1 Å². The van der Waals surface area contributed by atoms with Crippen molar-refractivity contribution in [2.75, 3.05) is 7.11 Å². The molecule has 0 heterocycles. The Labute approximate surface area is 149 Å². The van der Waals surface area contributed by atoms with Crippen molar-refractivity contribution in [2.24, 2.45) is 0 Å². The molecule has 2 aromatic carbocycles. The van der Waals surface area contributed by atoms with Gasteiger partial charge in [-0.05, 0) is 32.0 Å². The lowest BCUT2D eigenvalue weighted by Crippen LogP contribution is -2.25. The average Bonchev–Trinajstić information content (AvgIpc) is 2.55. The maximum atomic E-state index is 12.3. The van der Waals surface area contributed by atoms with Gasteiger partial charge in [0.2, 0.25) is 5.78 Å². The maximum Gasteiger partial charge on any atom is 0.311 e. The van der Waals surface area contributed by atoms with Crippen LogP contribution in [0.2, 0.25) is 0 Å². The van der Waals surface area contributed by atoms with Gasteiger partial charge in [0.05, 0.1) is 13.5 Å². The summed E-state index contributed by atoms with van der Waals surface area (Å²) in [6.45, 7) is 3.52. The summed E-state index contributed by atoms with van der Waals surface area (Å²) in [5.74, 6) is -0.0617. The van der Waals surface area contributed by atoms with E-state index in [1.807, 2.05) is 25.1 Å². The number of aryl methyl sites for hydroxylation is 1. The molecule has 0 saturated carbocycles. The zero-order valence-corrected chi connectivity index (χ0v) is 15.4. The van der Waals surface area contributed by atoms with Gasteiger partial charge in [0.25, 0.3) is 0 Å². The van der Waals surface area contributed by atoms with Crippen molar-refractivity contribution in [3.05, 3.63) is 63.6 Å². The summed E-state index contributed by atoms with van der Waals surface area (Å²) in [7, 11) is 1.55. The number of benzene rings is 2. The smallest absolute Gasteiger partial charge is 0.311 e. The Hall–Kier alpha value is -2.14. The molecular formula is C19H19BrO4. The third kappa shape index (κ3) is 4.68. The molecule has 5 heteroatoms. The van der Waals surface area contributed by atoms with Crippen LogP contribution in [0.4, 0.5) is 0 Å². The van der Waals surface area contributed by atoms with E-state index in [0.29, 0.717) is 11.3 Å². The van der Waals surface area contributed by atoms with Gasteiger partial charge in [0.1, 0.15) is 5.75 Å². The Morgan fingerprint density at radius 3 is 2.42 bits per heavy atom. The maximum absolute atomic E-state index is 12.3. The minimum atomic E-state index is -0.838. The van der Waals surface area contributed by atoms with Crippen molar-refractivity contribution in [1.82, 2.24) is 0 Å². The van der Waals surface area contributed by atoms with Gasteiger partial charge in [-0.1, -0.05) is 45.8 Å². The molecule has 0 spiro atoms. The molecule has 0 unspecified atom stereocenters. The summed E-state index contributed by atoms with van der Waals surface area (Å²) < 4.78 is 11.4. The molecule has 0 amide bonds. The highest BCUT2D eigenvalue weighted by Crippen LogP contribution is 2.21. The molecule has 1 atom stereocenters. The third-order valence-electron chi connectivity index (χ3n) is 3.58. The second-order valence-electron chi connectivity index (χ2n) is 5.50. The summed E-state index contributed by atoms with van der Waals surface area (Å²) in [6, 6.07) is 12.5. The van der Waals surface area contributed by atoms with Crippen molar-refractivity contribution in [1.29, 1.82) is 0 Å². The van der Waals surface area contributed by atoms with E-state index in [1.54, 1.807) is 38.3 Å². The molecule has 0 fully saturated rings. The number of halogens is 1. The number of esters is 1. The van der Waals surface area contributed by atoms with Crippen molar-refractivity contribution in [3.8, 4) is 5.75 Å². The molecular weight excluding hydrogens is 372 g/mol. The van der Waals surface area contributed by atoms with E-state index in [-0.39, 0.29) is 12.2 Å². The number of hydrogen-bond acceptors (Lipinski definition) is 4. The van der Waals surface area contributed by atoms with Crippen LogP contribution >= 0.6 is 15.9 Å². The predicted molar refractivity (Wildman–Crippen MR) is 95.5 cm³/mol. The molecule has 126 valence electrons. The number of Topliss-reactive ketones (excluding diaryl/α,β-unsaturated/α-hetero) is 1. The van der Waals surface area contributed by atoms with Crippen LogP contribution in [0.1, 0.15) is 28.4 Å². The predicted octanol–water partition coefficient (Wildman–Crippen LogP) is 4.12. The molecule has 0 radical (unpaired) electrons. The fourth-order valence-corrected chi connectivity index (χ4v) is 2.61. The quantitative estimate of drug-likeness (QED) is 0.549. The van der Waals surface area contributed by atoms with E-state index >= 15 is 0 Å². The number of methoxy groups -OCH3 is 1. The minimum Gasteiger partial charge on any atom is -0.496 e. The summed E-state index contributed by atoms with van der Waals surface area (Å²) in [5, 5.41) is 0. The Bertz CT molecular complexity index is 738. The van der Waals surface area contributed by atoms with Crippen LogP contribution in [0.25, 0.3) is 0 Å². The van der Waals surface area contributed by atoms with Gasteiger partial charge in [-0.3, -0.25) is 9.59 Å². The molecule has 2 aromatic rings. The molecule has 0 aromatic heterocycles. The summed E-state index contributed by atoms with van der Waals surface area (Å²) in [5.41, 5.74) is 2.27. The second kappa shape index (κ2) is 8.11. The summed E-state index contributed by atoms with van der Waals surface area (Å²) in [6.07, 6.45) is -0.780. The molecule has 4 nitrogen and oxygen atoms in total. The van der Waals surface area contributed by atoms with Crippen LogP contribution in [0.15, 0.2) is 46.9 Å². The third-order valence-corrected chi connectivity index (χ3v) is 4.11. The monoisotopic (exact) mass is 390 g/mol. The first-order valence-electron chi connectivity index (χ1n) is 7.53. The van der Waals surface area contributed by atoms with Crippen molar-refractivity contribution in [3.63, 3.8) is 0 Å². The largest absolute Gasteiger partial charge is 0.496 e. The highest BCUT2D eigenvalue weighted by molar-refractivity contribution is 9.10. The van der Waals surface area contributed by atoms with Crippen molar-refractivity contribution >= 4 is 27.7 Å².